The minimum absolute atomic E-state index is 0.000110. The summed E-state index contributed by atoms with van der Waals surface area (Å²) in [5, 5.41) is 103. The van der Waals surface area contributed by atoms with Crippen molar-refractivity contribution in [3.05, 3.63) is 82.5 Å². The molecule has 0 spiro atoms. The molecule has 3 heterocycles. The number of hydrogen-bond donors (Lipinski definition) is 10. The van der Waals surface area contributed by atoms with E-state index in [1.54, 1.807) is 0 Å². The average Bonchev–Trinajstić information content (AvgIpc) is 3.14. The maximum Gasteiger partial charge on any atom is 0.330 e. The number of aliphatic hydroxyl groups excluding tert-OH is 6. The van der Waals surface area contributed by atoms with E-state index in [9.17, 15) is 60.7 Å². The molecule has 2 aliphatic rings. The zero-order valence-electron chi connectivity index (χ0n) is 27.9. The predicted octanol–water partition coefficient (Wildman–Crippen LogP) is -0.450. The fourth-order valence-corrected chi connectivity index (χ4v) is 5.90. The highest BCUT2D eigenvalue weighted by Gasteiger charge is 2.52. The van der Waals surface area contributed by atoms with Gasteiger partial charge in [-0.2, -0.15) is 0 Å². The van der Waals surface area contributed by atoms with Gasteiger partial charge in [-0.25, -0.2) is 4.79 Å². The van der Waals surface area contributed by atoms with Crippen molar-refractivity contribution in [2.75, 3.05) is 13.2 Å². The van der Waals surface area contributed by atoms with Gasteiger partial charge >= 0.3 is 5.97 Å². The molecule has 2 fully saturated rings. The van der Waals surface area contributed by atoms with Crippen LogP contribution < -0.4 is 10.2 Å². The number of benzene rings is 3. The van der Waals surface area contributed by atoms with E-state index in [1.807, 2.05) is 0 Å². The largest absolute Gasteiger partial charge is 0.508 e. The summed E-state index contributed by atoms with van der Waals surface area (Å²) in [6, 6.07) is 13.0. The number of phenols is 4. The number of aliphatic hydroxyl groups is 6. The summed E-state index contributed by atoms with van der Waals surface area (Å²) in [7, 11) is 0. The first-order valence-electron chi connectivity index (χ1n) is 16.4. The molecule has 1 aromatic heterocycles. The number of hydrogen-bond acceptors (Lipinski definition) is 18. The Morgan fingerprint density at radius 1 is 0.741 bits per heavy atom. The molecule has 18 nitrogen and oxygen atoms in total. The van der Waals surface area contributed by atoms with Gasteiger partial charge in [0.15, 0.2) is 12.1 Å². The molecule has 3 aromatic carbocycles. The van der Waals surface area contributed by atoms with Crippen LogP contribution in [0, 0.1) is 0 Å². The van der Waals surface area contributed by atoms with Gasteiger partial charge in [0, 0.05) is 23.8 Å². The first kappa shape index (κ1) is 38.4. The van der Waals surface area contributed by atoms with Crippen LogP contribution in [0.15, 0.2) is 76.0 Å². The molecule has 5 unspecified atom stereocenters. The number of carbonyl (C=O) groups is 1. The minimum Gasteiger partial charge on any atom is -0.508 e. The van der Waals surface area contributed by atoms with Gasteiger partial charge in [-0.05, 0) is 48.0 Å². The molecule has 0 bridgehead atoms. The summed E-state index contributed by atoms with van der Waals surface area (Å²) in [4.78, 5) is 26.6. The lowest BCUT2D eigenvalue weighted by Crippen LogP contribution is -2.65. The van der Waals surface area contributed by atoms with Crippen LogP contribution in [0.25, 0.3) is 28.4 Å². The van der Waals surface area contributed by atoms with E-state index in [0.29, 0.717) is 5.56 Å². The van der Waals surface area contributed by atoms with Gasteiger partial charge in [0.05, 0.1) is 6.61 Å². The average molecular weight is 757 g/mol. The van der Waals surface area contributed by atoms with Crippen LogP contribution in [-0.4, -0.2) is 132 Å². The zero-order valence-corrected chi connectivity index (χ0v) is 27.9. The van der Waals surface area contributed by atoms with E-state index in [1.165, 1.54) is 54.6 Å². The summed E-state index contributed by atoms with van der Waals surface area (Å²) < 4.78 is 34.1. The molecule has 10 atom stereocenters. The van der Waals surface area contributed by atoms with Crippen LogP contribution >= 0.6 is 0 Å². The number of esters is 1. The molecule has 0 amide bonds. The highest BCUT2D eigenvalue weighted by Crippen LogP contribution is 2.38. The van der Waals surface area contributed by atoms with Gasteiger partial charge in [-0.3, -0.25) is 4.79 Å². The number of phenolic OH excluding ortho intramolecular Hbond substituents is 4. The third-order valence-electron chi connectivity index (χ3n) is 8.76. The molecule has 288 valence electrons. The SMILES string of the molecule is O=C(/C=C/c1ccc(O)cc1)OC[C@H]1O[C@@H](Oc2c(-c3ccc(O)cc3)oc3cc(O)cc(O)c3c2=O)C(O)C(O)[C@@H]1O[C@@H]1OC(CO)[C@@H](O)C(O)C1O. The number of carbonyl (C=O) groups excluding carboxylic acids is 1. The van der Waals surface area contributed by atoms with E-state index >= 15 is 0 Å². The number of ether oxygens (including phenoxy) is 5. The lowest BCUT2D eigenvalue weighted by molar-refractivity contribution is -0.352. The topological polar surface area (TPSA) is 296 Å². The van der Waals surface area contributed by atoms with Gasteiger partial charge < -0.3 is 79.2 Å². The Morgan fingerprint density at radius 2 is 1.37 bits per heavy atom. The Morgan fingerprint density at radius 3 is 2.04 bits per heavy atom. The highest BCUT2D eigenvalue weighted by molar-refractivity contribution is 5.88. The van der Waals surface area contributed by atoms with Crippen molar-refractivity contribution >= 4 is 23.0 Å². The maximum absolute atomic E-state index is 13.9. The first-order chi connectivity index (χ1) is 25.7. The monoisotopic (exact) mass is 756 g/mol. The Kier molecular flexibility index (Phi) is 11.4. The molecule has 4 aromatic rings. The highest BCUT2D eigenvalue weighted by atomic mass is 16.7. The van der Waals surface area contributed by atoms with E-state index in [2.05, 4.69) is 0 Å². The zero-order chi connectivity index (χ0) is 38.8. The molecule has 0 saturated carbocycles. The molecule has 18 heteroatoms. The van der Waals surface area contributed by atoms with E-state index in [4.69, 9.17) is 28.1 Å². The van der Waals surface area contributed by atoms with Crippen LogP contribution in [0.4, 0.5) is 0 Å². The molecular weight excluding hydrogens is 720 g/mol. The van der Waals surface area contributed by atoms with Crippen LogP contribution in [0.2, 0.25) is 0 Å². The van der Waals surface area contributed by atoms with Crippen molar-refractivity contribution in [1.29, 1.82) is 0 Å². The summed E-state index contributed by atoms with van der Waals surface area (Å²) in [6.07, 6.45) is -15.9. The number of fused-ring (bicyclic) bond motifs is 1. The smallest absolute Gasteiger partial charge is 0.330 e. The van der Waals surface area contributed by atoms with Gasteiger partial charge in [-0.1, -0.05) is 12.1 Å². The summed E-state index contributed by atoms with van der Waals surface area (Å²) in [5.74, 6) is -3.18. The summed E-state index contributed by atoms with van der Waals surface area (Å²) in [5.41, 5.74) is -0.611. The standard InChI is InChI=1S/C36H36O18/c37-13-22-26(43)28(45)30(47)35(51-22)53-33-23(14-49-24(42)10-3-15-1-6-17(38)7-2-15)52-36(31(48)29(33)46)54-34-27(44)25-20(41)11-19(40)12-21(25)50-32(34)16-4-8-18(39)9-5-16/h1-12,22-23,26,28-31,33,35-41,43,45-48H,13-14H2/b10-3+/t22?,23-,26-,28?,29?,30?,31?,33-,35+,36+/m1/s1. The third-order valence-corrected chi connectivity index (χ3v) is 8.76. The van der Waals surface area contributed by atoms with Gasteiger partial charge in [-0.15, -0.1) is 0 Å². The molecule has 2 saturated heterocycles. The lowest BCUT2D eigenvalue weighted by atomic mass is 9.97. The van der Waals surface area contributed by atoms with Gasteiger partial charge in [0.25, 0.3) is 0 Å². The summed E-state index contributed by atoms with van der Waals surface area (Å²) in [6.45, 7) is -1.55. The van der Waals surface area contributed by atoms with Crippen molar-refractivity contribution in [1.82, 2.24) is 0 Å². The number of aromatic hydroxyl groups is 4. The number of rotatable bonds is 10. The second-order valence-electron chi connectivity index (χ2n) is 12.5. The van der Waals surface area contributed by atoms with E-state index in [0.717, 1.165) is 18.2 Å². The van der Waals surface area contributed by atoms with Crippen molar-refractivity contribution in [2.45, 2.75) is 61.4 Å². The molecule has 0 radical (unpaired) electrons. The normalized spacial score (nSPS) is 28.6. The molecule has 54 heavy (non-hydrogen) atoms. The molecule has 10 N–H and O–H groups in total. The molecular formula is C36H36O18. The molecule has 6 rings (SSSR count). The van der Waals surface area contributed by atoms with Crippen molar-refractivity contribution in [2.24, 2.45) is 0 Å². The van der Waals surface area contributed by atoms with Crippen LogP contribution in [-0.2, 0) is 23.7 Å². The van der Waals surface area contributed by atoms with Gasteiger partial charge in [0.2, 0.25) is 17.5 Å². The fourth-order valence-electron chi connectivity index (χ4n) is 5.90. The van der Waals surface area contributed by atoms with Crippen LogP contribution in [0.5, 0.6) is 28.7 Å². The molecule has 0 aliphatic carbocycles. The Balaban J connectivity index is 1.33. The van der Waals surface area contributed by atoms with Crippen LogP contribution in [0.3, 0.4) is 0 Å². The van der Waals surface area contributed by atoms with Crippen molar-refractivity contribution < 1.29 is 84.0 Å². The van der Waals surface area contributed by atoms with Crippen molar-refractivity contribution in [3.63, 3.8) is 0 Å². The fraction of sp³-hybridized carbons (Fsp3) is 0.333. The van der Waals surface area contributed by atoms with Crippen molar-refractivity contribution in [3.8, 4) is 40.1 Å². The Bertz CT molecular complexity index is 2030. The predicted molar refractivity (Wildman–Crippen MR) is 181 cm³/mol. The van der Waals surface area contributed by atoms with E-state index < -0.39 is 109 Å². The van der Waals surface area contributed by atoms with E-state index in [-0.39, 0.29) is 28.4 Å². The second kappa shape index (κ2) is 16.0. The Hall–Kier alpha value is -5.28. The second-order valence-corrected chi connectivity index (χ2v) is 12.5. The minimum atomic E-state index is -2.09. The van der Waals surface area contributed by atoms with Crippen LogP contribution in [0.1, 0.15) is 5.56 Å². The third kappa shape index (κ3) is 7.97. The first-order valence-corrected chi connectivity index (χ1v) is 16.4. The maximum atomic E-state index is 13.9. The quantitative estimate of drug-likeness (QED) is 0.0724. The van der Waals surface area contributed by atoms with Gasteiger partial charge in [0.1, 0.15) is 89.4 Å². The Labute approximate surface area is 304 Å². The molecule has 2 aliphatic heterocycles. The lowest BCUT2D eigenvalue weighted by Gasteiger charge is -2.46. The summed E-state index contributed by atoms with van der Waals surface area (Å²) >= 11 is 0.